The maximum absolute atomic E-state index is 13.1. The standard InChI is InChI=1S/C10H12FNO2.C9H10FNO2/c1-6(2)9-4-7(10(13)14-3)8(11)5-12-9;1-5(2)8-3-6(9(12)13)7(10)4-11-8/h4-6H,1-3H3;3-5H,1-2H3,(H,12,13). The van der Waals surface area contributed by atoms with Gasteiger partial charge in [0, 0.05) is 11.4 Å². The molecule has 2 aromatic rings. The summed E-state index contributed by atoms with van der Waals surface area (Å²) >= 11 is 0. The van der Waals surface area contributed by atoms with E-state index in [2.05, 4.69) is 14.7 Å². The van der Waals surface area contributed by atoms with E-state index < -0.39 is 23.6 Å². The lowest BCUT2D eigenvalue weighted by Gasteiger charge is -2.06. The monoisotopic (exact) mass is 380 g/mol. The number of carboxylic acids is 1. The van der Waals surface area contributed by atoms with E-state index in [0.29, 0.717) is 11.4 Å². The average Bonchev–Trinajstić information content (AvgIpc) is 2.61. The van der Waals surface area contributed by atoms with Crippen LogP contribution in [0.2, 0.25) is 0 Å². The quantitative estimate of drug-likeness (QED) is 0.801. The molecule has 0 amide bonds. The zero-order valence-corrected chi connectivity index (χ0v) is 15.8. The van der Waals surface area contributed by atoms with Crippen molar-refractivity contribution in [2.24, 2.45) is 0 Å². The first-order chi connectivity index (χ1) is 12.6. The minimum atomic E-state index is -1.26. The van der Waals surface area contributed by atoms with Crippen LogP contribution in [0.5, 0.6) is 0 Å². The van der Waals surface area contributed by atoms with E-state index in [0.717, 1.165) is 12.4 Å². The minimum Gasteiger partial charge on any atom is -0.478 e. The number of pyridine rings is 2. The Morgan fingerprint density at radius 3 is 1.70 bits per heavy atom. The molecule has 0 fully saturated rings. The normalized spacial score (nSPS) is 10.4. The number of ether oxygens (including phenoxy) is 1. The van der Waals surface area contributed by atoms with Gasteiger partial charge in [-0.3, -0.25) is 9.97 Å². The molecule has 146 valence electrons. The lowest BCUT2D eigenvalue weighted by molar-refractivity contribution is 0.0594. The van der Waals surface area contributed by atoms with Gasteiger partial charge in [-0.05, 0) is 24.0 Å². The van der Waals surface area contributed by atoms with Gasteiger partial charge in [0.2, 0.25) is 0 Å². The Balaban J connectivity index is 0.000000271. The number of methoxy groups -OCH3 is 1. The highest BCUT2D eigenvalue weighted by atomic mass is 19.1. The van der Waals surface area contributed by atoms with E-state index >= 15 is 0 Å². The highest BCUT2D eigenvalue weighted by molar-refractivity contribution is 5.89. The van der Waals surface area contributed by atoms with Gasteiger partial charge in [0.1, 0.15) is 0 Å². The average molecular weight is 380 g/mol. The van der Waals surface area contributed by atoms with Crippen LogP contribution in [-0.2, 0) is 4.74 Å². The van der Waals surface area contributed by atoms with Gasteiger partial charge in [0.05, 0.1) is 30.6 Å². The van der Waals surface area contributed by atoms with Crippen molar-refractivity contribution in [2.45, 2.75) is 39.5 Å². The Labute approximate surface area is 156 Å². The smallest absolute Gasteiger partial charge is 0.340 e. The van der Waals surface area contributed by atoms with Gasteiger partial charge in [-0.1, -0.05) is 27.7 Å². The second-order valence-electron chi connectivity index (χ2n) is 6.28. The van der Waals surface area contributed by atoms with E-state index in [1.54, 1.807) is 0 Å². The maximum atomic E-state index is 13.1. The van der Waals surface area contributed by atoms with Crippen LogP contribution in [0.15, 0.2) is 24.5 Å². The zero-order chi connectivity index (χ0) is 20.7. The summed E-state index contributed by atoms with van der Waals surface area (Å²) in [5.41, 5.74) is 0.871. The molecule has 1 N–H and O–H groups in total. The summed E-state index contributed by atoms with van der Waals surface area (Å²) in [6.07, 6.45) is 1.99. The van der Waals surface area contributed by atoms with Crippen LogP contribution in [0.4, 0.5) is 8.78 Å². The molecular formula is C19H22F2N2O4. The summed E-state index contributed by atoms with van der Waals surface area (Å²) in [7, 11) is 1.22. The van der Waals surface area contributed by atoms with Crippen molar-refractivity contribution < 1.29 is 28.2 Å². The molecule has 0 aliphatic heterocycles. The van der Waals surface area contributed by atoms with Crippen LogP contribution in [-0.4, -0.2) is 34.1 Å². The molecule has 2 rings (SSSR count). The summed E-state index contributed by atoms with van der Waals surface area (Å²) in [5.74, 6) is -3.13. The van der Waals surface area contributed by atoms with E-state index in [9.17, 15) is 18.4 Å². The number of nitrogens with zero attached hydrogens (tertiary/aromatic N) is 2. The summed E-state index contributed by atoms with van der Waals surface area (Å²) in [6, 6.07) is 2.69. The Hall–Kier alpha value is -2.90. The fourth-order valence-electron chi connectivity index (χ4n) is 1.97. The molecule has 0 atom stereocenters. The third-order valence-electron chi connectivity index (χ3n) is 3.57. The molecule has 6 nitrogen and oxygen atoms in total. The largest absolute Gasteiger partial charge is 0.478 e. The molecule has 8 heteroatoms. The second-order valence-corrected chi connectivity index (χ2v) is 6.28. The predicted molar refractivity (Wildman–Crippen MR) is 94.9 cm³/mol. The molecule has 0 aliphatic rings. The number of halogens is 2. The molecule has 0 spiro atoms. The van der Waals surface area contributed by atoms with Crippen molar-refractivity contribution in [2.75, 3.05) is 7.11 Å². The van der Waals surface area contributed by atoms with Crippen molar-refractivity contribution in [1.82, 2.24) is 9.97 Å². The van der Waals surface area contributed by atoms with Gasteiger partial charge >= 0.3 is 11.9 Å². The van der Waals surface area contributed by atoms with Crippen molar-refractivity contribution in [3.8, 4) is 0 Å². The third-order valence-corrected chi connectivity index (χ3v) is 3.57. The number of carboxylic acid groups (broad SMARTS) is 1. The van der Waals surface area contributed by atoms with Crippen LogP contribution >= 0.6 is 0 Å². The van der Waals surface area contributed by atoms with Crippen molar-refractivity contribution >= 4 is 11.9 Å². The van der Waals surface area contributed by atoms with E-state index in [-0.39, 0.29) is 23.0 Å². The van der Waals surface area contributed by atoms with Gasteiger partial charge in [-0.25, -0.2) is 18.4 Å². The number of rotatable bonds is 4. The topological polar surface area (TPSA) is 89.4 Å². The highest BCUT2D eigenvalue weighted by Crippen LogP contribution is 2.16. The SMILES string of the molecule is CC(C)c1cc(C(=O)O)c(F)cn1.COC(=O)c1cc(C(C)C)ncc1F. The summed E-state index contributed by atoms with van der Waals surface area (Å²) in [5, 5.41) is 8.60. The summed E-state index contributed by atoms with van der Waals surface area (Å²) in [4.78, 5) is 29.3. The van der Waals surface area contributed by atoms with Crippen LogP contribution in [0.25, 0.3) is 0 Å². The molecule has 0 saturated heterocycles. The first kappa shape index (κ1) is 22.1. The number of aromatic nitrogens is 2. The van der Waals surface area contributed by atoms with Gasteiger partial charge < -0.3 is 9.84 Å². The van der Waals surface area contributed by atoms with E-state index in [1.165, 1.54) is 19.2 Å². The van der Waals surface area contributed by atoms with Crippen LogP contribution < -0.4 is 0 Å². The molecule has 2 heterocycles. The number of hydrogen-bond acceptors (Lipinski definition) is 5. The molecule has 0 bridgehead atoms. The highest BCUT2D eigenvalue weighted by Gasteiger charge is 2.15. The Morgan fingerprint density at radius 2 is 1.33 bits per heavy atom. The van der Waals surface area contributed by atoms with Crippen molar-refractivity contribution in [1.29, 1.82) is 0 Å². The number of hydrogen-bond donors (Lipinski definition) is 1. The minimum absolute atomic E-state index is 0.0637. The molecule has 0 saturated carbocycles. The van der Waals surface area contributed by atoms with Crippen LogP contribution in [0.1, 0.15) is 71.6 Å². The number of esters is 1. The summed E-state index contributed by atoms with van der Waals surface area (Å²) < 4.78 is 30.4. The zero-order valence-electron chi connectivity index (χ0n) is 15.8. The van der Waals surface area contributed by atoms with Crippen molar-refractivity contribution in [3.05, 3.63) is 58.7 Å². The number of carbonyl (C=O) groups excluding carboxylic acids is 1. The Kier molecular flexibility index (Phi) is 7.96. The fraction of sp³-hybridized carbons (Fsp3) is 0.368. The molecule has 2 aromatic heterocycles. The van der Waals surface area contributed by atoms with Gasteiger partial charge in [0.15, 0.2) is 11.6 Å². The van der Waals surface area contributed by atoms with E-state index in [4.69, 9.17) is 5.11 Å². The lowest BCUT2D eigenvalue weighted by atomic mass is 10.1. The maximum Gasteiger partial charge on any atom is 0.340 e. The molecule has 0 aliphatic carbocycles. The molecule has 0 aromatic carbocycles. The summed E-state index contributed by atoms with van der Waals surface area (Å²) in [6.45, 7) is 7.57. The van der Waals surface area contributed by atoms with Gasteiger partial charge in [-0.15, -0.1) is 0 Å². The molecule has 0 unspecified atom stereocenters. The Morgan fingerprint density at radius 1 is 0.926 bits per heavy atom. The first-order valence-corrected chi connectivity index (χ1v) is 8.20. The first-order valence-electron chi connectivity index (χ1n) is 8.20. The fourth-order valence-corrected chi connectivity index (χ4v) is 1.97. The van der Waals surface area contributed by atoms with Crippen LogP contribution in [0, 0.1) is 11.6 Å². The predicted octanol–water partition coefficient (Wildman–Crippen LogP) is 4.17. The molecule has 0 radical (unpaired) electrons. The number of aromatic carboxylic acids is 1. The van der Waals surface area contributed by atoms with Gasteiger partial charge in [-0.2, -0.15) is 0 Å². The molecular weight excluding hydrogens is 358 g/mol. The van der Waals surface area contributed by atoms with Gasteiger partial charge in [0.25, 0.3) is 0 Å². The Bertz CT molecular complexity index is 823. The van der Waals surface area contributed by atoms with E-state index in [1.807, 2.05) is 27.7 Å². The van der Waals surface area contributed by atoms with Crippen LogP contribution in [0.3, 0.4) is 0 Å². The lowest BCUT2D eigenvalue weighted by Crippen LogP contribution is -2.07. The third kappa shape index (κ3) is 6.09. The van der Waals surface area contributed by atoms with Crippen molar-refractivity contribution in [3.63, 3.8) is 0 Å². The number of carbonyl (C=O) groups is 2. The molecule has 27 heavy (non-hydrogen) atoms. The second kappa shape index (κ2) is 9.70.